The van der Waals surface area contributed by atoms with Gasteiger partial charge in [0.2, 0.25) is 5.88 Å². The molecule has 0 spiro atoms. The van der Waals surface area contributed by atoms with E-state index >= 15 is 0 Å². The summed E-state index contributed by atoms with van der Waals surface area (Å²) in [5.74, 6) is 0.619. The van der Waals surface area contributed by atoms with Crippen LogP contribution in [0, 0.1) is 0 Å². The van der Waals surface area contributed by atoms with Crippen molar-refractivity contribution >= 4 is 0 Å². The summed E-state index contributed by atoms with van der Waals surface area (Å²) >= 11 is 0. The molecule has 2 heterocycles. The van der Waals surface area contributed by atoms with E-state index in [2.05, 4.69) is 17.2 Å². The maximum atomic E-state index is 5.75. The number of ether oxygens (including phenoxy) is 3. The van der Waals surface area contributed by atoms with Crippen LogP contribution in [0.2, 0.25) is 0 Å². The van der Waals surface area contributed by atoms with Crippen molar-refractivity contribution < 1.29 is 14.2 Å². The SMILES string of the molecule is COc1ncccc1COCC1CNCC(C)O1. The predicted octanol–water partition coefficient (Wildman–Crippen LogP) is 0.984. The zero-order valence-electron chi connectivity index (χ0n) is 10.9. The zero-order chi connectivity index (χ0) is 12.8. The summed E-state index contributed by atoms with van der Waals surface area (Å²) < 4.78 is 16.6. The Morgan fingerprint density at radius 2 is 2.39 bits per heavy atom. The molecule has 18 heavy (non-hydrogen) atoms. The second kappa shape index (κ2) is 6.68. The van der Waals surface area contributed by atoms with Gasteiger partial charge in [0.25, 0.3) is 0 Å². The molecule has 1 aromatic heterocycles. The first kappa shape index (κ1) is 13.3. The van der Waals surface area contributed by atoms with Crippen LogP contribution in [0.1, 0.15) is 12.5 Å². The molecule has 0 aromatic carbocycles. The highest BCUT2D eigenvalue weighted by molar-refractivity contribution is 5.24. The third-order valence-electron chi connectivity index (χ3n) is 2.83. The molecule has 0 saturated carbocycles. The van der Waals surface area contributed by atoms with Crippen molar-refractivity contribution in [1.82, 2.24) is 10.3 Å². The molecule has 2 rings (SSSR count). The van der Waals surface area contributed by atoms with Crippen LogP contribution in [0.3, 0.4) is 0 Å². The summed E-state index contributed by atoms with van der Waals surface area (Å²) in [5.41, 5.74) is 0.955. The second-order valence-corrected chi connectivity index (χ2v) is 4.41. The molecule has 5 heteroatoms. The van der Waals surface area contributed by atoms with Gasteiger partial charge in [0, 0.05) is 24.8 Å². The smallest absolute Gasteiger partial charge is 0.218 e. The Labute approximate surface area is 107 Å². The van der Waals surface area contributed by atoms with Gasteiger partial charge >= 0.3 is 0 Å². The van der Waals surface area contributed by atoms with Gasteiger partial charge in [0.05, 0.1) is 32.5 Å². The van der Waals surface area contributed by atoms with Gasteiger partial charge in [-0.25, -0.2) is 4.98 Å². The minimum atomic E-state index is 0.122. The van der Waals surface area contributed by atoms with E-state index in [1.165, 1.54) is 0 Å². The van der Waals surface area contributed by atoms with E-state index in [-0.39, 0.29) is 12.2 Å². The van der Waals surface area contributed by atoms with Gasteiger partial charge in [-0.2, -0.15) is 0 Å². The maximum absolute atomic E-state index is 5.75. The third kappa shape index (κ3) is 3.66. The Bertz CT molecular complexity index is 373. The van der Waals surface area contributed by atoms with Gasteiger partial charge in [-0.15, -0.1) is 0 Å². The van der Waals surface area contributed by atoms with Crippen LogP contribution in [0.5, 0.6) is 5.88 Å². The predicted molar refractivity (Wildman–Crippen MR) is 67.6 cm³/mol. The molecule has 100 valence electrons. The van der Waals surface area contributed by atoms with Crippen LogP contribution in [0.25, 0.3) is 0 Å². The summed E-state index contributed by atoms with van der Waals surface area (Å²) in [4.78, 5) is 4.13. The molecule has 0 bridgehead atoms. The summed E-state index contributed by atoms with van der Waals surface area (Å²) in [6.45, 7) is 4.88. The van der Waals surface area contributed by atoms with E-state index in [1.54, 1.807) is 13.3 Å². The minimum absolute atomic E-state index is 0.122. The quantitative estimate of drug-likeness (QED) is 0.846. The van der Waals surface area contributed by atoms with Crippen molar-refractivity contribution in [3.8, 4) is 5.88 Å². The highest BCUT2D eigenvalue weighted by Gasteiger charge is 2.18. The third-order valence-corrected chi connectivity index (χ3v) is 2.83. The molecular formula is C13H20N2O3. The molecule has 2 atom stereocenters. The second-order valence-electron chi connectivity index (χ2n) is 4.41. The Kier molecular flexibility index (Phi) is 4.92. The summed E-state index contributed by atoms with van der Waals surface area (Å²) in [7, 11) is 1.61. The highest BCUT2D eigenvalue weighted by atomic mass is 16.5. The van der Waals surface area contributed by atoms with Crippen LogP contribution in [-0.2, 0) is 16.1 Å². The van der Waals surface area contributed by atoms with E-state index in [9.17, 15) is 0 Å². The molecule has 2 unspecified atom stereocenters. The molecule has 5 nitrogen and oxygen atoms in total. The standard InChI is InChI=1S/C13H20N2O3/c1-10-6-14-7-12(18-10)9-17-8-11-4-3-5-15-13(11)16-2/h3-5,10,12,14H,6-9H2,1-2H3. The highest BCUT2D eigenvalue weighted by Crippen LogP contribution is 2.15. The van der Waals surface area contributed by atoms with Crippen molar-refractivity contribution in [2.45, 2.75) is 25.7 Å². The normalized spacial score (nSPS) is 23.9. The zero-order valence-corrected chi connectivity index (χ0v) is 10.9. The lowest BCUT2D eigenvalue weighted by molar-refractivity contribution is -0.0718. The fraction of sp³-hybridized carbons (Fsp3) is 0.615. The first-order valence-corrected chi connectivity index (χ1v) is 6.21. The number of aromatic nitrogens is 1. The van der Waals surface area contributed by atoms with Crippen LogP contribution >= 0.6 is 0 Å². The van der Waals surface area contributed by atoms with Gasteiger partial charge in [0.1, 0.15) is 0 Å². The molecule has 1 aliphatic heterocycles. The first-order chi connectivity index (χ1) is 8.79. The lowest BCUT2D eigenvalue weighted by atomic mass is 10.2. The Morgan fingerprint density at radius 1 is 1.50 bits per heavy atom. The van der Waals surface area contributed by atoms with Crippen LogP contribution < -0.4 is 10.1 Å². The van der Waals surface area contributed by atoms with Gasteiger partial charge < -0.3 is 19.5 Å². The van der Waals surface area contributed by atoms with Crippen LogP contribution in [0.4, 0.5) is 0 Å². The molecule has 0 aliphatic carbocycles. The number of hydrogen-bond acceptors (Lipinski definition) is 5. The monoisotopic (exact) mass is 252 g/mol. The number of methoxy groups -OCH3 is 1. The van der Waals surface area contributed by atoms with Crippen molar-refractivity contribution in [2.75, 3.05) is 26.8 Å². The Morgan fingerprint density at radius 3 is 3.17 bits per heavy atom. The number of pyridine rings is 1. The van der Waals surface area contributed by atoms with Gasteiger partial charge in [-0.1, -0.05) is 0 Å². The van der Waals surface area contributed by atoms with E-state index in [0.29, 0.717) is 19.1 Å². The first-order valence-electron chi connectivity index (χ1n) is 6.21. The van der Waals surface area contributed by atoms with Gasteiger partial charge in [-0.3, -0.25) is 0 Å². The molecule has 1 fully saturated rings. The summed E-state index contributed by atoms with van der Waals surface area (Å²) in [6.07, 6.45) is 2.08. The lowest BCUT2D eigenvalue weighted by Crippen LogP contribution is -2.45. The molecular weight excluding hydrogens is 232 g/mol. The van der Waals surface area contributed by atoms with Crippen molar-refractivity contribution in [2.24, 2.45) is 0 Å². The Hall–Kier alpha value is -1.17. The number of rotatable bonds is 5. The topological polar surface area (TPSA) is 52.6 Å². The molecule has 1 saturated heterocycles. The fourth-order valence-electron chi connectivity index (χ4n) is 1.99. The van der Waals surface area contributed by atoms with Crippen LogP contribution in [0.15, 0.2) is 18.3 Å². The fourth-order valence-corrected chi connectivity index (χ4v) is 1.99. The van der Waals surface area contributed by atoms with E-state index in [0.717, 1.165) is 18.7 Å². The molecule has 0 radical (unpaired) electrons. The lowest BCUT2D eigenvalue weighted by Gasteiger charge is -2.28. The summed E-state index contributed by atoms with van der Waals surface area (Å²) in [5, 5.41) is 3.31. The van der Waals surface area contributed by atoms with Crippen molar-refractivity contribution in [3.63, 3.8) is 0 Å². The number of hydrogen-bond donors (Lipinski definition) is 1. The van der Waals surface area contributed by atoms with Gasteiger partial charge in [0.15, 0.2) is 0 Å². The molecule has 0 amide bonds. The number of nitrogens with zero attached hydrogens (tertiary/aromatic N) is 1. The average molecular weight is 252 g/mol. The van der Waals surface area contributed by atoms with Gasteiger partial charge in [-0.05, 0) is 19.1 Å². The average Bonchev–Trinajstić information content (AvgIpc) is 2.39. The van der Waals surface area contributed by atoms with Crippen molar-refractivity contribution in [3.05, 3.63) is 23.9 Å². The molecule has 1 N–H and O–H groups in total. The summed E-state index contributed by atoms with van der Waals surface area (Å²) in [6, 6.07) is 3.83. The minimum Gasteiger partial charge on any atom is -0.481 e. The number of nitrogens with one attached hydrogen (secondary N) is 1. The maximum Gasteiger partial charge on any atom is 0.218 e. The van der Waals surface area contributed by atoms with E-state index < -0.39 is 0 Å². The Balaban J connectivity index is 1.77. The van der Waals surface area contributed by atoms with E-state index in [4.69, 9.17) is 14.2 Å². The van der Waals surface area contributed by atoms with Crippen molar-refractivity contribution in [1.29, 1.82) is 0 Å². The molecule has 1 aromatic rings. The van der Waals surface area contributed by atoms with Crippen LogP contribution in [-0.4, -0.2) is 44.0 Å². The molecule has 1 aliphatic rings. The largest absolute Gasteiger partial charge is 0.481 e. The van der Waals surface area contributed by atoms with E-state index in [1.807, 2.05) is 12.1 Å². The number of morpholine rings is 1.